The van der Waals surface area contributed by atoms with Gasteiger partial charge in [-0.05, 0) is 25.7 Å². The van der Waals surface area contributed by atoms with Gasteiger partial charge in [-0.1, -0.05) is 0 Å². The highest BCUT2D eigenvalue weighted by Gasteiger charge is 2.45. The molecule has 6 heteroatoms. The molecule has 2 heterocycles. The summed E-state index contributed by atoms with van der Waals surface area (Å²) in [5.74, 6) is -0.0298. The van der Waals surface area contributed by atoms with Gasteiger partial charge in [0.1, 0.15) is 0 Å². The third-order valence-electron chi connectivity index (χ3n) is 4.28. The smallest absolute Gasteiger partial charge is 0.247 e. The SMILES string of the molecule is O=C(CCNC1CC(=O)N(C2CC2)C1=O)N1CCCC1. The van der Waals surface area contributed by atoms with Crippen molar-refractivity contribution in [3.8, 4) is 0 Å². The Bertz CT molecular complexity index is 427. The Balaban J connectivity index is 1.43. The molecule has 20 heavy (non-hydrogen) atoms. The van der Waals surface area contributed by atoms with E-state index in [0.717, 1.165) is 38.8 Å². The van der Waals surface area contributed by atoms with Gasteiger partial charge in [-0.15, -0.1) is 0 Å². The number of nitrogens with one attached hydrogen (secondary N) is 1. The Labute approximate surface area is 118 Å². The minimum atomic E-state index is -0.422. The fourth-order valence-corrected chi connectivity index (χ4v) is 3.00. The Kier molecular flexibility index (Phi) is 3.74. The van der Waals surface area contributed by atoms with Crippen molar-refractivity contribution < 1.29 is 14.4 Å². The summed E-state index contributed by atoms with van der Waals surface area (Å²) in [6, 6.07) is -0.275. The molecule has 2 aliphatic heterocycles. The first-order valence-corrected chi connectivity index (χ1v) is 7.54. The van der Waals surface area contributed by atoms with E-state index >= 15 is 0 Å². The van der Waals surface area contributed by atoms with Crippen molar-refractivity contribution in [3.63, 3.8) is 0 Å². The quantitative estimate of drug-likeness (QED) is 0.712. The van der Waals surface area contributed by atoms with Crippen LogP contribution in [-0.2, 0) is 14.4 Å². The van der Waals surface area contributed by atoms with E-state index in [1.165, 1.54) is 4.90 Å². The molecular formula is C14H21N3O3. The molecular weight excluding hydrogens is 258 g/mol. The van der Waals surface area contributed by atoms with Gasteiger partial charge in [0.05, 0.1) is 12.5 Å². The van der Waals surface area contributed by atoms with Crippen LogP contribution in [0.4, 0.5) is 0 Å². The molecule has 1 unspecified atom stereocenters. The van der Waals surface area contributed by atoms with Crippen LogP contribution in [0.25, 0.3) is 0 Å². The zero-order chi connectivity index (χ0) is 14.1. The summed E-state index contributed by atoms with van der Waals surface area (Å²) in [5, 5.41) is 3.07. The summed E-state index contributed by atoms with van der Waals surface area (Å²) < 4.78 is 0. The largest absolute Gasteiger partial charge is 0.343 e. The van der Waals surface area contributed by atoms with Crippen molar-refractivity contribution in [3.05, 3.63) is 0 Å². The number of likely N-dealkylation sites (tertiary alicyclic amines) is 2. The van der Waals surface area contributed by atoms with Crippen LogP contribution in [0, 0.1) is 0 Å². The maximum absolute atomic E-state index is 12.1. The Morgan fingerprint density at radius 1 is 1.20 bits per heavy atom. The zero-order valence-electron chi connectivity index (χ0n) is 11.6. The van der Waals surface area contributed by atoms with Crippen molar-refractivity contribution in [1.29, 1.82) is 0 Å². The number of nitrogens with zero attached hydrogens (tertiary/aromatic N) is 2. The van der Waals surface area contributed by atoms with Crippen LogP contribution >= 0.6 is 0 Å². The summed E-state index contributed by atoms with van der Waals surface area (Å²) in [6.07, 6.45) is 4.71. The van der Waals surface area contributed by atoms with Gasteiger partial charge in [0.2, 0.25) is 17.7 Å². The molecule has 3 aliphatic rings. The lowest BCUT2D eigenvalue weighted by Crippen LogP contribution is -2.41. The lowest BCUT2D eigenvalue weighted by Gasteiger charge is -2.17. The monoisotopic (exact) mass is 279 g/mol. The summed E-state index contributed by atoms with van der Waals surface area (Å²) in [7, 11) is 0. The van der Waals surface area contributed by atoms with Crippen LogP contribution in [0.15, 0.2) is 0 Å². The second-order valence-electron chi connectivity index (χ2n) is 5.88. The van der Waals surface area contributed by atoms with Crippen molar-refractivity contribution in [2.24, 2.45) is 0 Å². The van der Waals surface area contributed by atoms with Crippen molar-refractivity contribution in [2.45, 2.75) is 50.6 Å². The van der Waals surface area contributed by atoms with Gasteiger partial charge in [-0.3, -0.25) is 19.3 Å². The summed E-state index contributed by atoms with van der Waals surface area (Å²) in [6.45, 7) is 2.18. The maximum Gasteiger partial charge on any atom is 0.247 e. The number of hydrogen-bond donors (Lipinski definition) is 1. The third kappa shape index (κ3) is 2.70. The van der Waals surface area contributed by atoms with E-state index in [1.54, 1.807) is 0 Å². The van der Waals surface area contributed by atoms with E-state index in [9.17, 15) is 14.4 Å². The molecule has 2 saturated heterocycles. The van der Waals surface area contributed by atoms with Gasteiger partial charge in [0.25, 0.3) is 0 Å². The van der Waals surface area contributed by atoms with Gasteiger partial charge in [0, 0.05) is 32.1 Å². The molecule has 1 saturated carbocycles. The Hall–Kier alpha value is -1.43. The van der Waals surface area contributed by atoms with Crippen LogP contribution in [0.2, 0.25) is 0 Å². The number of carbonyl (C=O) groups excluding carboxylic acids is 3. The third-order valence-corrected chi connectivity index (χ3v) is 4.28. The highest BCUT2D eigenvalue weighted by molar-refractivity contribution is 6.06. The molecule has 0 aromatic heterocycles. The van der Waals surface area contributed by atoms with E-state index in [4.69, 9.17) is 0 Å². The van der Waals surface area contributed by atoms with Crippen LogP contribution in [0.1, 0.15) is 38.5 Å². The van der Waals surface area contributed by atoms with Crippen LogP contribution < -0.4 is 5.32 Å². The predicted molar refractivity (Wildman–Crippen MR) is 71.7 cm³/mol. The molecule has 1 atom stereocenters. The normalized spacial score (nSPS) is 26.7. The van der Waals surface area contributed by atoms with Crippen molar-refractivity contribution in [1.82, 2.24) is 15.1 Å². The van der Waals surface area contributed by atoms with Crippen LogP contribution in [0.3, 0.4) is 0 Å². The van der Waals surface area contributed by atoms with E-state index in [-0.39, 0.29) is 30.2 Å². The molecule has 110 valence electrons. The lowest BCUT2D eigenvalue weighted by atomic mass is 10.2. The molecule has 6 nitrogen and oxygen atoms in total. The van der Waals surface area contributed by atoms with E-state index < -0.39 is 6.04 Å². The molecule has 0 aromatic carbocycles. The lowest BCUT2D eigenvalue weighted by molar-refractivity contribution is -0.139. The topological polar surface area (TPSA) is 69.7 Å². The van der Waals surface area contributed by atoms with Crippen molar-refractivity contribution in [2.75, 3.05) is 19.6 Å². The number of carbonyl (C=O) groups is 3. The first-order chi connectivity index (χ1) is 9.66. The minimum Gasteiger partial charge on any atom is -0.343 e. The first-order valence-electron chi connectivity index (χ1n) is 7.54. The predicted octanol–water partition coefficient (Wildman–Crippen LogP) is -0.122. The number of amides is 3. The summed E-state index contributed by atoms with van der Waals surface area (Å²) in [4.78, 5) is 39.0. The van der Waals surface area contributed by atoms with Gasteiger partial charge in [-0.2, -0.15) is 0 Å². The number of imide groups is 1. The van der Waals surface area contributed by atoms with Gasteiger partial charge < -0.3 is 10.2 Å². The van der Waals surface area contributed by atoms with Gasteiger partial charge >= 0.3 is 0 Å². The van der Waals surface area contributed by atoms with Crippen LogP contribution in [0.5, 0.6) is 0 Å². The fraction of sp³-hybridized carbons (Fsp3) is 0.786. The molecule has 0 spiro atoms. The van der Waals surface area contributed by atoms with E-state index in [2.05, 4.69) is 5.32 Å². The van der Waals surface area contributed by atoms with Gasteiger partial charge in [0.15, 0.2) is 0 Å². The molecule has 0 radical (unpaired) electrons. The number of rotatable bonds is 5. The Morgan fingerprint density at radius 2 is 1.90 bits per heavy atom. The average molecular weight is 279 g/mol. The summed E-state index contributed by atoms with van der Waals surface area (Å²) >= 11 is 0. The average Bonchev–Trinajstić information content (AvgIpc) is 3.01. The highest BCUT2D eigenvalue weighted by atomic mass is 16.2. The zero-order valence-corrected chi connectivity index (χ0v) is 11.6. The summed E-state index contributed by atoms with van der Waals surface area (Å²) in [5.41, 5.74) is 0. The number of hydrogen-bond acceptors (Lipinski definition) is 4. The molecule has 3 rings (SSSR count). The minimum absolute atomic E-state index is 0.0686. The van der Waals surface area contributed by atoms with E-state index in [1.807, 2.05) is 4.90 Å². The van der Waals surface area contributed by atoms with Gasteiger partial charge in [-0.25, -0.2) is 0 Å². The molecule has 0 bridgehead atoms. The Morgan fingerprint density at radius 3 is 2.55 bits per heavy atom. The molecule has 1 aliphatic carbocycles. The fourth-order valence-electron chi connectivity index (χ4n) is 3.00. The van der Waals surface area contributed by atoms with Crippen LogP contribution in [-0.4, -0.2) is 59.2 Å². The highest BCUT2D eigenvalue weighted by Crippen LogP contribution is 2.31. The molecule has 3 fully saturated rings. The second kappa shape index (κ2) is 5.52. The molecule has 0 aromatic rings. The maximum atomic E-state index is 12.1. The molecule has 3 amide bonds. The molecule has 1 N–H and O–H groups in total. The first kappa shape index (κ1) is 13.5. The second-order valence-corrected chi connectivity index (χ2v) is 5.88. The standard InChI is InChI=1S/C14H21N3O3/c18-12(16-7-1-2-8-16)5-6-15-11-9-13(19)17(14(11)20)10-3-4-10/h10-11,15H,1-9H2. The van der Waals surface area contributed by atoms with Crippen molar-refractivity contribution >= 4 is 17.7 Å². The van der Waals surface area contributed by atoms with E-state index in [0.29, 0.717) is 13.0 Å².